The zero-order valence-corrected chi connectivity index (χ0v) is 9.16. The summed E-state index contributed by atoms with van der Waals surface area (Å²) in [7, 11) is 0. The van der Waals surface area contributed by atoms with Crippen LogP contribution >= 0.6 is 11.6 Å². The lowest BCUT2D eigenvalue weighted by Gasteiger charge is -2.19. The molecule has 2 aliphatic rings. The molecule has 3 heteroatoms. The normalized spacial score (nSPS) is 18.1. The third-order valence-corrected chi connectivity index (χ3v) is 3.20. The van der Waals surface area contributed by atoms with Crippen molar-refractivity contribution in [1.82, 2.24) is 0 Å². The smallest absolute Gasteiger partial charge is 0.197 e. The van der Waals surface area contributed by atoms with Crippen molar-refractivity contribution in [2.24, 2.45) is 4.99 Å². The zero-order chi connectivity index (χ0) is 11.1. The number of rotatable bonds is 0. The Balaban J connectivity index is 2.21. The summed E-state index contributed by atoms with van der Waals surface area (Å²) < 4.78 is 0. The van der Waals surface area contributed by atoms with Crippen molar-refractivity contribution >= 4 is 28.8 Å². The number of nitrogens with zero attached hydrogens (tertiary/aromatic N) is 1. The molecule has 0 atom stereocenters. The zero-order valence-electron chi connectivity index (χ0n) is 8.40. The maximum Gasteiger partial charge on any atom is 0.197 e. The topological polar surface area (TPSA) is 29.4 Å². The molecule has 1 aliphatic heterocycles. The van der Waals surface area contributed by atoms with Crippen LogP contribution in [0.15, 0.2) is 52.0 Å². The molecule has 1 aromatic rings. The van der Waals surface area contributed by atoms with Crippen molar-refractivity contribution in [3.63, 3.8) is 0 Å². The second-order valence-corrected chi connectivity index (χ2v) is 4.17. The molecule has 0 N–H and O–H groups in total. The van der Waals surface area contributed by atoms with Gasteiger partial charge < -0.3 is 0 Å². The predicted molar refractivity (Wildman–Crippen MR) is 64.3 cm³/mol. The second kappa shape index (κ2) is 3.42. The quantitative estimate of drug-likeness (QED) is 0.629. The molecule has 1 aromatic carbocycles. The summed E-state index contributed by atoms with van der Waals surface area (Å²) in [6, 6.07) is 7.90. The van der Waals surface area contributed by atoms with Gasteiger partial charge in [0, 0.05) is 12.0 Å². The molecule has 1 heterocycles. The lowest BCUT2D eigenvalue weighted by molar-refractivity contribution is -0.110. The fourth-order valence-corrected chi connectivity index (χ4v) is 2.18. The summed E-state index contributed by atoms with van der Waals surface area (Å²) >= 11 is 6.01. The minimum Gasteiger partial charge on any atom is -0.288 e. The molecule has 0 saturated heterocycles. The van der Waals surface area contributed by atoms with Crippen LogP contribution in [0, 0.1) is 0 Å². The van der Waals surface area contributed by atoms with Crippen molar-refractivity contribution in [2.45, 2.75) is 6.42 Å². The van der Waals surface area contributed by atoms with E-state index in [1.165, 1.54) is 6.08 Å². The molecular weight excluding hydrogens is 222 g/mol. The largest absolute Gasteiger partial charge is 0.288 e. The van der Waals surface area contributed by atoms with Crippen molar-refractivity contribution in [1.29, 1.82) is 0 Å². The Morgan fingerprint density at radius 3 is 2.88 bits per heavy atom. The van der Waals surface area contributed by atoms with E-state index in [2.05, 4.69) is 4.99 Å². The molecule has 3 rings (SSSR count). The van der Waals surface area contributed by atoms with E-state index in [4.69, 9.17) is 11.6 Å². The van der Waals surface area contributed by atoms with E-state index in [0.29, 0.717) is 11.5 Å². The number of hydrogen-bond acceptors (Lipinski definition) is 2. The van der Waals surface area contributed by atoms with Crippen LogP contribution in [-0.4, -0.2) is 11.5 Å². The van der Waals surface area contributed by atoms with E-state index in [1.54, 1.807) is 6.08 Å². The summed E-state index contributed by atoms with van der Waals surface area (Å²) in [4.78, 5) is 15.9. The Hall–Kier alpha value is -1.67. The number of allylic oxidation sites excluding steroid dienone is 4. The first-order valence-corrected chi connectivity index (χ1v) is 5.41. The van der Waals surface area contributed by atoms with E-state index in [1.807, 2.05) is 24.3 Å². The summed E-state index contributed by atoms with van der Waals surface area (Å²) in [6.07, 6.45) is 3.89. The fraction of sp³-hybridized carbons (Fsp3) is 0.0769. The molecule has 0 radical (unpaired) electrons. The molecule has 0 aromatic heterocycles. The van der Waals surface area contributed by atoms with Crippen molar-refractivity contribution in [3.05, 3.63) is 52.6 Å². The average molecular weight is 230 g/mol. The molecule has 0 bridgehead atoms. The Labute approximate surface area is 98.0 Å². The van der Waals surface area contributed by atoms with Crippen LogP contribution in [0.5, 0.6) is 0 Å². The first-order chi connectivity index (χ1) is 7.75. The number of fused-ring (bicyclic) bond motifs is 2. The van der Waals surface area contributed by atoms with E-state index in [9.17, 15) is 4.79 Å². The van der Waals surface area contributed by atoms with Gasteiger partial charge in [0.25, 0.3) is 0 Å². The monoisotopic (exact) mass is 229 g/mol. The van der Waals surface area contributed by atoms with E-state index in [0.717, 1.165) is 22.5 Å². The summed E-state index contributed by atoms with van der Waals surface area (Å²) in [5.41, 5.74) is 3.73. The Kier molecular flexibility index (Phi) is 2.04. The van der Waals surface area contributed by atoms with Gasteiger partial charge in [0.05, 0.1) is 16.4 Å². The highest BCUT2D eigenvalue weighted by atomic mass is 35.5. The lowest BCUT2D eigenvalue weighted by Crippen LogP contribution is -2.16. The number of para-hydroxylation sites is 1. The summed E-state index contributed by atoms with van der Waals surface area (Å²) in [5.74, 6) is -0.130. The van der Waals surface area contributed by atoms with Crippen molar-refractivity contribution in [2.75, 3.05) is 0 Å². The fourth-order valence-electron chi connectivity index (χ4n) is 1.95. The second-order valence-electron chi connectivity index (χ2n) is 3.79. The van der Waals surface area contributed by atoms with E-state index >= 15 is 0 Å². The Morgan fingerprint density at radius 1 is 1.19 bits per heavy atom. The number of carbonyl (C=O) groups is 1. The molecule has 78 valence electrons. The van der Waals surface area contributed by atoms with Crippen LogP contribution in [0.3, 0.4) is 0 Å². The molecule has 1 aliphatic carbocycles. The van der Waals surface area contributed by atoms with Crippen LogP contribution < -0.4 is 0 Å². The van der Waals surface area contributed by atoms with Gasteiger partial charge in [-0.1, -0.05) is 29.8 Å². The number of hydrogen-bond donors (Lipinski definition) is 0. The summed E-state index contributed by atoms with van der Waals surface area (Å²) in [5, 5.41) is 0.302. The summed E-state index contributed by atoms with van der Waals surface area (Å²) in [6.45, 7) is 0. The average Bonchev–Trinajstić information content (AvgIpc) is 2.32. The Bertz CT molecular complexity index is 581. The minimum absolute atomic E-state index is 0.130. The first kappa shape index (κ1) is 9.55. The van der Waals surface area contributed by atoms with Crippen LogP contribution in [0.2, 0.25) is 0 Å². The highest BCUT2D eigenvalue weighted by Gasteiger charge is 2.23. The molecule has 2 nitrogen and oxygen atoms in total. The van der Waals surface area contributed by atoms with Gasteiger partial charge in [0.1, 0.15) is 0 Å². The van der Waals surface area contributed by atoms with Crippen molar-refractivity contribution in [3.8, 4) is 0 Å². The molecule has 0 amide bonds. The molecule has 16 heavy (non-hydrogen) atoms. The molecular formula is C13H8ClNO. The maximum atomic E-state index is 11.4. The first-order valence-electron chi connectivity index (χ1n) is 5.04. The van der Waals surface area contributed by atoms with Crippen molar-refractivity contribution < 1.29 is 4.79 Å². The van der Waals surface area contributed by atoms with Crippen LogP contribution in [0.4, 0.5) is 5.69 Å². The third kappa shape index (κ3) is 1.34. The molecule has 0 unspecified atom stereocenters. The van der Waals surface area contributed by atoms with Gasteiger partial charge in [-0.15, -0.1) is 0 Å². The lowest BCUT2D eigenvalue weighted by atomic mass is 9.92. The minimum atomic E-state index is -0.130. The third-order valence-electron chi connectivity index (χ3n) is 2.78. The highest BCUT2D eigenvalue weighted by Crippen LogP contribution is 2.32. The number of carbonyl (C=O) groups excluding carboxylic acids is 1. The van der Waals surface area contributed by atoms with Gasteiger partial charge >= 0.3 is 0 Å². The standard InChI is InChI=1S/C13H8ClNO/c14-13-9-7-8-3-1-2-4-10(8)15-11(9)5-6-12(13)16/h1-6H,7H2. The predicted octanol–water partition coefficient (Wildman–Crippen LogP) is 2.95. The van der Waals surface area contributed by atoms with Crippen LogP contribution in [0.1, 0.15) is 5.56 Å². The Morgan fingerprint density at radius 2 is 2.00 bits per heavy atom. The number of benzene rings is 1. The number of aliphatic imine (C=N–C) groups is 1. The molecule has 0 spiro atoms. The van der Waals surface area contributed by atoms with Gasteiger partial charge in [-0.3, -0.25) is 4.79 Å². The van der Waals surface area contributed by atoms with Gasteiger partial charge in [-0.05, 0) is 23.8 Å². The van der Waals surface area contributed by atoms with E-state index in [-0.39, 0.29) is 5.78 Å². The van der Waals surface area contributed by atoms with Crippen LogP contribution in [0.25, 0.3) is 0 Å². The SMILES string of the molecule is O=C1C=CC2=Nc3ccccc3CC2=C1Cl. The van der Waals surface area contributed by atoms with Gasteiger partial charge in [-0.2, -0.15) is 0 Å². The van der Waals surface area contributed by atoms with E-state index < -0.39 is 0 Å². The molecule has 0 saturated carbocycles. The van der Waals surface area contributed by atoms with Gasteiger partial charge in [0.15, 0.2) is 5.78 Å². The number of halogens is 1. The molecule has 0 fully saturated rings. The highest BCUT2D eigenvalue weighted by molar-refractivity contribution is 6.48. The van der Waals surface area contributed by atoms with Crippen LogP contribution in [-0.2, 0) is 11.2 Å². The van der Waals surface area contributed by atoms with Gasteiger partial charge in [-0.25, -0.2) is 4.99 Å². The number of ketones is 1. The van der Waals surface area contributed by atoms with Gasteiger partial charge in [0.2, 0.25) is 0 Å². The maximum absolute atomic E-state index is 11.4.